The van der Waals surface area contributed by atoms with Gasteiger partial charge in [0.25, 0.3) is 0 Å². The summed E-state index contributed by atoms with van der Waals surface area (Å²) in [6.07, 6.45) is 0. The Morgan fingerprint density at radius 1 is 0.727 bits per heavy atom. The van der Waals surface area contributed by atoms with Crippen molar-refractivity contribution >= 4 is 10.8 Å². The van der Waals surface area contributed by atoms with Crippen molar-refractivity contribution in [3.63, 3.8) is 0 Å². The average molecular weight is 292 g/mol. The van der Waals surface area contributed by atoms with Gasteiger partial charge in [0.15, 0.2) is 0 Å². The topological polar surface area (TPSA) is 18.5 Å². The van der Waals surface area contributed by atoms with Gasteiger partial charge >= 0.3 is 0 Å². The zero-order valence-corrected chi connectivity index (χ0v) is 13.4. The van der Waals surface area contributed by atoms with Gasteiger partial charge in [-0.3, -0.25) is 0 Å². The first kappa shape index (κ1) is 14.5. The first-order chi connectivity index (χ1) is 10.7. The third-order valence-corrected chi connectivity index (χ3v) is 4.22. The van der Waals surface area contributed by atoms with Crippen LogP contribution in [-0.2, 0) is 0 Å². The molecular weight excluding hydrogens is 272 g/mol. The van der Waals surface area contributed by atoms with Crippen molar-refractivity contribution < 1.29 is 9.47 Å². The predicted octanol–water partition coefficient (Wildman–Crippen LogP) is 5.14. The summed E-state index contributed by atoms with van der Waals surface area (Å²) in [6.45, 7) is 4.32. The van der Waals surface area contributed by atoms with E-state index >= 15 is 0 Å². The molecule has 112 valence electrons. The molecule has 0 amide bonds. The van der Waals surface area contributed by atoms with Crippen LogP contribution in [-0.4, -0.2) is 14.2 Å². The van der Waals surface area contributed by atoms with Crippen LogP contribution in [0.25, 0.3) is 21.9 Å². The maximum absolute atomic E-state index is 5.57. The minimum atomic E-state index is 0.802. The van der Waals surface area contributed by atoms with Crippen LogP contribution in [0.3, 0.4) is 0 Å². The number of ether oxygens (including phenoxy) is 2. The fourth-order valence-corrected chi connectivity index (χ4v) is 3.00. The molecule has 0 saturated carbocycles. The summed E-state index contributed by atoms with van der Waals surface area (Å²) in [7, 11) is 3.36. The van der Waals surface area contributed by atoms with E-state index in [1.165, 1.54) is 27.5 Å². The summed E-state index contributed by atoms with van der Waals surface area (Å²) in [6, 6.07) is 16.7. The van der Waals surface area contributed by atoms with E-state index < -0.39 is 0 Å². The van der Waals surface area contributed by atoms with E-state index in [0.717, 1.165) is 17.1 Å². The average Bonchev–Trinajstić information content (AvgIpc) is 2.57. The van der Waals surface area contributed by atoms with Crippen LogP contribution in [0.5, 0.6) is 11.5 Å². The highest BCUT2D eigenvalue weighted by atomic mass is 16.5. The van der Waals surface area contributed by atoms with Crippen molar-refractivity contribution in [1.82, 2.24) is 0 Å². The van der Waals surface area contributed by atoms with Crippen LogP contribution >= 0.6 is 0 Å². The Morgan fingerprint density at radius 2 is 1.45 bits per heavy atom. The summed E-state index contributed by atoms with van der Waals surface area (Å²) in [4.78, 5) is 0. The largest absolute Gasteiger partial charge is 0.497 e. The lowest BCUT2D eigenvalue weighted by molar-refractivity contribution is 0.395. The van der Waals surface area contributed by atoms with E-state index in [0.29, 0.717) is 0 Å². The first-order valence-electron chi connectivity index (χ1n) is 7.37. The number of benzene rings is 3. The summed E-state index contributed by atoms with van der Waals surface area (Å²) in [5, 5.41) is 2.59. The van der Waals surface area contributed by atoms with Gasteiger partial charge in [0, 0.05) is 11.6 Å². The van der Waals surface area contributed by atoms with Crippen molar-refractivity contribution in [3.8, 4) is 22.6 Å². The fourth-order valence-electron chi connectivity index (χ4n) is 3.00. The van der Waals surface area contributed by atoms with Crippen LogP contribution in [0.2, 0.25) is 0 Å². The van der Waals surface area contributed by atoms with Crippen LogP contribution in [0, 0.1) is 13.8 Å². The lowest BCUT2D eigenvalue weighted by Gasteiger charge is -2.16. The van der Waals surface area contributed by atoms with Crippen molar-refractivity contribution in [2.24, 2.45) is 0 Å². The molecule has 0 saturated heterocycles. The lowest BCUT2D eigenvalue weighted by Crippen LogP contribution is -1.94. The molecule has 0 heterocycles. The molecule has 2 heteroatoms. The molecule has 3 rings (SSSR count). The van der Waals surface area contributed by atoms with Crippen molar-refractivity contribution in [2.75, 3.05) is 14.2 Å². The van der Waals surface area contributed by atoms with E-state index in [1.54, 1.807) is 14.2 Å². The summed E-state index contributed by atoms with van der Waals surface area (Å²) >= 11 is 0. The third kappa shape index (κ3) is 2.31. The van der Waals surface area contributed by atoms with Gasteiger partial charge in [0.1, 0.15) is 11.5 Å². The second-order valence-electron chi connectivity index (χ2n) is 5.48. The van der Waals surface area contributed by atoms with Crippen molar-refractivity contribution in [1.29, 1.82) is 0 Å². The van der Waals surface area contributed by atoms with Gasteiger partial charge in [-0.15, -0.1) is 0 Å². The van der Waals surface area contributed by atoms with Gasteiger partial charge in [-0.25, -0.2) is 0 Å². The zero-order valence-electron chi connectivity index (χ0n) is 13.4. The number of hydrogen-bond donors (Lipinski definition) is 0. The number of aryl methyl sites for hydroxylation is 2. The molecule has 0 N–H and O–H groups in total. The predicted molar refractivity (Wildman–Crippen MR) is 92.0 cm³/mol. The highest BCUT2D eigenvalue weighted by molar-refractivity contribution is 5.94. The van der Waals surface area contributed by atoms with Gasteiger partial charge < -0.3 is 9.47 Å². The van der Waals surface area contributed by atoms with Crippen LogP contribution < -0.4 is 9.47 Å². The molecule has 0 aliphatic carbocycles. The van der Waals surface area contributed by atoms with Gasteiger partial charge in [-0.05, 0) is 53.4 Å². The highest BCUT2D eigenvalue weighted by Crippen LogP contribution is 2.38. The molecule has 3 aromatic carbocycles. The molecule has 0 spiro atoms. The molecule has 0 bridgehead atoms. The van der Waals surface area contributed by atoms with E-state index in [2.05, 4.69) is 50.2 Å². The third-order valence-electron chi connectivity index (χ3n) is 4.22. The minimum absolute atomic E-state index is 0.802. The Hall–Kier alpha value is -2.48. The Morgan fingerprint density at radius 3 is 2.14 bits per heavy atom. The number of hydrogen-bond acceptors (Lipinski definition) is 2. The second kappa shape index (κ2) is 5.72. The molecule has 0 aliphatic heterocycles. The highest BCUT2D eigenvalue weighted by Gasteiger charge is 2.13. The molecule has 2 nitrogen and oxygen atoms in total. The maximum Gasteiger partial charge on any atom is 0.130 e. The molecule has 3 aromatic rings. The van der Waals surface area contributed by atoms with E-state index in [4.69, 9.17) is 9.47 Å². The Kier molecular flexibility index (Phi) is 3.76. The molecule has 0 radical (unpaired) electrons. The normalized spacial score (nSPS) is 10.7. The zero-order chi connectivity index (χ0) is 15.7. The van der Waals surface area contributed by atoms with Crippen LogP contribution in [0.1, 0.15) is 11.1 Å². The van der Waals surface area contributed by atoms with Gasteiger partial charge in [-0.2, -0.15) is 0 Å². The standard InChI is InChI=1S/C20H20O2/c1-13-11-19(14(2)17-8-6-5-7-16(13)17)18-10-9-15(21-3)12-20(18)22-4/h5-12H,1-4H3. The molecule has 0 aromatic heterocycles. The number of rotatable bonds is 3. The summed E-state index contributed by atoms with van der Waals surface area (Å²) in [5.74, 6) is 1.63. The maximum atomic E-state index is 5.57. The van der Waals surface area contributed by atoms with Crippen LogP contribution in [0.15, 0.2) is 48.5 Å². The Bertz CT molecular complexity index is 834. The smallest absolute Gasteiger partial charge is 0.130 e. The Balaban J connectivity index is 2.29. The van der Waals surface area contributed by atoms with E-state index in [-0.39, 0.29) is 0 Å². The Labute approximate surface area is 131 Å². The number of methoxy groups -OCH3 is 2. The quantitative estimate of drug-likeness (QED) is 0.665. The molecule has 0 unspecified atom stereocenters. The van der Waals surface area contributed by atoms with Crippen molar-refractivity contribution in [3.05, 3.63) is 59.7 Å². The number of fused-ring (bicyclic) bond motifs is 1. The van der Waals surface area contributed by atoms with Gasteiger partial charge in [0.2, 0.25) is 0 Å². The molecule has 0 atom stereocenters. The first-order valence-corrected chi connectivity index (χ1v) is 7.37. The minimum Gasteiger partial charge on any atom is -0.497 e. The molecule has 0 aliphatic rings. The molecule has 22 heavy (non-hydrogen) atoms. The van der Waals surface area contributed by atoms with Gasteiger partial charge in [-0.1, -0.05) is 30.3 Å². The van der Waals surface area contributed by atoms with Crippen LogP contribution in [0.4, 0.5) is 0 Å². The fraction of sp³-hybridized carbons (Fsp3) is 0.200. The van der Waals surface area contributed by atoms with E-state index in [1.807, 2.05) is 12.1 Å². The summed E-state index contributed by atoms with van der Waals surface area (Å²) < 4.78 is 10.9. The molecule has 0 fully saturated rings. The molecular formula is C20H20O2. The van der Waals surface area contributed by atoms with Gasteiger partial charge in [0.05, 0.1) is 14.2 Å². The SMILES string of the molecule is COc1ccc(-c2cc(C)c3ccccc3c2C)c(OC)c1. The van der Waals surface area contributed by atoms with E-state index in [9.17, 15) is 0 Å². The second-order valence-corrected chi connectivity index (χ2v) is 5.48. The monoisotopic (exact) mass is 292 g/mol. The van der Waals surface area contributed by atoms with Crippen molar-refractivity contribution in [2.45, 2.75) is 13.8 Å². The lowest BCUT2D eigenvalue weighted by atomic mass is 9.92. The summed E-state index contributed by atoms with van der Waals surface area (Å²) in [5.41, 5.74) is 4.84.